The molecule has 0 fully saturated rings. The Morgan fingerprint density at radius 3 is 2.56 bits per heavy atom. The highest BCUT2D eigenvalue weighted by molar-refractivity contribution is 5.85. The van der Waals surface area contributed by atoms with Crippen LogP contribution in [0.1, 0.15) is 31.4 Å². The van der Waals surface area contributed by atoms with Crippen LogP contribution < -0.4 is 5.73 Å². The molecule has 0 bridgehead atoms. The van der Waals surface area contributed by atoms with Gasteiger partial charge in [-0.15, -0.1) is 12.4 Å². The Bertz CT molecular complexity index is 336. The predicted octanol–water partition coefficient (Wildman–Crippen LogP) is 2.55. The number of nitrogens with two attached hydrogens (primary N) is 1. The van der Waals surface area contributed by atoms with E-state index in [-0.39, 0.29) is 18.0 Å². The van der Waals surface area contributed by atoms with E-state index in [0.717, 1.165) is 24.6 Å². The van der Waals surface area contributed by atoms with Crippen molar-refractivity contribution < 1.29 is 13.9 Å². The second-order valence-corrected chi connectivity index (χ2v) is 3.55. The maximum Gasteiger partial charge on any atom is 0.128 e. The molecule has 0 unspecified atom stereocenters. The molecule has 1 aromatic carbocycles. The summed E-state index contributed by atoms with van der Waals surface area (Å²) in [7, 11) is 0. The smallest absolute Gasteiger partial charge is 0.128 e. The fourth-order valence-electron chi connectivity index (χ4n) is 1.45. The van der Waals surface area contributed by atoms with Crippen molar-refractivity contribution >= 4 is 12.4 Å². The summed E-state index contributed by atoms with van der Waals surface area (Å²) in [4.78, 5) is 0. The molecule has 92 valence electrons. The summed E-state index contributed by atoms with van der Waals surface area (Å²) >= 11 is 0. The number of halogens is 3. The Morgan fingerprint density at radius 2 is 2.00 bits per heavy atom. The van der Waals surface area contributed by atoms with Gasteiger partial charge in [-0.3, -0.25) is 0 Å². The standard InChI is InChI=1S/C11H15F2NO.ClH/c1-2-3-10(15)11(14)8-6-7(12)4-5-9(8)13;/h4-6,10-11,15H,2-3,14H2,1H3;1H/t10-,11+;/m0./s1. The zero-order chi connectivity index (χ0) is 11.4. The van der Waals surface area contributed by atoms with Crippen LogP contribution in [0.15, 0.2) is 18.2 Å². The van der Waals surface area contributed by atoms with Gasteiger partial charge in [-0.25, -0.2) is 8.78 Å². The Kier molecular flexibility index (Phi) is 6.48. The highest BCUT2D eigenvalue weighted by Crippen LogP contribution is 2.21. The first-order valence-corrected chi connectivity index (χ1v) is 4.94. The maximum atomic E-state index is 13.3. The van der Waals surface area contributed by atoms with Gasteiger partial charge in [0.25, 0.3) is 0 Å². The second-order valence-electron chi connectivity index (χ2n) is 3.55. The summed E-state index contributed by atoms with van der Waals surface area (Å²) in [6, 6.07) is 2.19. The number of aliphatic hydroxyl groups excluding tert-OH is 1. The molecule has 5 heteroatoms. The average Bonchev–Trinajstić information content (AvgIpc) is 2.21. The molecule has 1 rings (SSSR count). The molecule has 0 aliphatic rings. The van der Waals surface area contributed by atoms with Crippen molar-refractivity contribution in [1.82, 2.24) is 0 Å². The van der Waals surface area contributed by atoms with Gasteiger partial charge in [0.2, 0.25) is 0 Å². The minimum Gasteiger partial charge on any atom is -0.391 e. The van der Waals surface area contributed by atoms with Crippen LogP contribution in [0.25, 0.3) is 0 Å². The van der Waals surface area contributed by atoms with Crippen LogP contribution in [-0.2, 0) is 0 Å². The van der Waals surface area contributed by atoms with Crippen molar-refractivity contribution in [1.29, 1.82) is 0 Å². The normalized spacial score (nSPS) is 14.1. The topological polar surface area (TPSA) is 46.2 Å². The lowest BCUT2D eigenvalue weighted by Crippen LogP contribution is -2.27. The van der Waals surface area contributed by atoms with E-state index in [1.54, 1.807) is 0 Å². The quantitative estimate of drug-likeness (QED) is 0.864. The van der Waals surface area contributed by atoms with Gasteiger partial charge in [-0.2, -0.15) is 0 Å². The van der Waals surface area contributed by atoms with Crippen molar-refractivity contribution in [3.63, 3.8) is 0 Å². The van der Waals surface area contributed by atoms with Crippen molar-refractivity contribution in [2.75, 3.05) is 0 Å². The first kappa shape index (κ1) is 15.3. The summed E-state index contributed by atoms with van der Waals surface area (Å²) in [5.41, 5.74) is 5.66. The highest BCUT2D eigenvalue weighted by Gasteiger charge is 2.19. The average molecular weight is 252 g/mol. The van der Waals surface area contributed by atoms with E-state index in [0.29, 0.717) is 6.42 Å². The van der Waals surface area contributed by atoms with Gasteiger partial charge in [-0.1, -0.05) is 13.3 Å². The SMILES string of the molecule is CCC[C@H](O)[C@H](N)c1cc(F)ccc1F.Cl. The molecule has 1 aromatic rings. The lowest BCUT2D eigenvalue weighted by Gasteiger charge is -2.19. The van der Waals surface area contributed by atoms with Gasteiger partial charge in [0.15, 0.2) is 0 Å². The van der Waals surface area contributed by atoms with Gasteiger partial charge in [0.1, 0.15) is 11.6 Å². The van der Waals surface area contributed by atoms with Crippen LogP contribution in [0.5, 0.6) is 0 Å². The molecule has 0 saturated heterocycles. The van der Waals surface area contributed by atoms with Crippen molar-refractivity contribution in [2.45, 2.75) is 31.9 Å². The summed E-state index contributed by atoms with van der Waals surface area (Å²) < 4.78 is 26.1. The van der Waals surface area contributed by atoms with E-state index >= 15 is 0 Å². The molecular formula is C11H16ClF2NO. The van der Waals surface area contributed by atoms with Gasteiger partial charge < -0.3 is 10.8 Å². The molecule has 0 spiro atoms. The number of hydrogen-bond acceptors (Lipinski definition) is 2. The van der Waals surface area contributed by atoms with Gasteiger partial charge in [-0.05, 0) is 24.6 Å². The van der Waals surface area contributed by atoms with Crippen LogP contribution in [0.4, 0.5) is 8.78 Å². The molecule has 0 amide bonds. The molecule has 16 heavy (non-hydrogen) atoms. The molecule has 0 aliphatic heterocycles. The van der Waals surface area contributed by atoms with E-state index in [9.17, 15) is 13.9 Å². The number of rotatable bonds is 4. The summed E-state index contributed by atoms with van der Waals surface area (Å²) in [6.07, 6.45) is 0.370. The molecule has 0 heterocycles. The lowest BCUT2D eigenvalue weighted by atomic mass is 9.99. The third-order valence-corrected chi connectivity index (χ3v) is 2.32. The summed E-state index contributed by atoms with van der Waals surface area (Å²) in [5, 5.41) is 9.57. The van der Waals surface area contributed by atoms with Crippen molar-refractivity contribution in [3.8, 4) is 0 Å². The fourth-order valence-corrected chi connectivity index (χ4v) is 1.45. The van der Waals surface area contributed by atoms with E-state index < -0.39 is 23.8 Å². The van der Waals surface area contributed by atoms with Crippen LogP contribution >= 0.6 is 12.4 Å². The molecule has 0 aliphatic carbocycles. The van der Waals surface area contributed by atoms with E-state index in [4.69, 9.17) is 5.73 Å². The number of benzene rings is 1. The Morgan fingerprint density at radius 1 is 1.38 bits per heavy atom. The van der Waals surface area contributed by atoms with E-state index in [1.807, 2.05) is 6.92 Å². The third kappa shape index (κ3) is 3.70. The summed E-state index contributed by atoms with van der Waals surface area (Å²) in [5.74, 6) is -1.13. The molecule has 0 saturated carbocycles. The minimum absolute atomic E-state index is 0. The minimum atomic E-state index is -0.874. The monoisotopic (exact) mass is 251 g/mol. The maximum absolute atomic E-state index is 13.3. The first-order chi connectivity index (χ1) is 7.06. The largest absolute Gasteiger partial charge is 0.391 e. The molecule has 0 radical (unpaired) electrons. The highest BCUT2D eigenvalue weighted by atomic mass is 35.5. The van der Waals surface area contributed by atoms with E-state index in [1.165, 1.54) is 0 Å². The second kappa shape index (κ2) is 6.78. The van der Waals surface area contributed by atoms with Crippen LogP contribution in [0.2, 0.25) is 0 Å². The lowest BCUT2D eigenvalue weighted by molar-refractivity contribution is 0.132. The zero-order valence-corrected chi connectivity index (χ0v) is 9.81. The van der Waals surface area contributed by atoms with Gasteiger partial charge >= 0.3 is 0 Å². The Hall–Kier alpha value is -0.710. The summed E-state index contributed by atoms with van der Waals surface area (Å²) in [6.45, 7) is 1.89. The van der Waals surface area contributed by atoms with Crippen LogP contribution in [-0.4, -0.2) is 11.2 Å². The molecule has 0 aromatic heterocycles. The van der Waals surface area contributed by atoms with E-state index in [2.05, 4.69) is 0 Å². The Labute approximate surface area is 99.9 Å². The van der Waals surface area contributed by atoms with Crippen LogP contribution in [0, 0.1) is 11.6 Å². The van der Waals surface area contributed by atoms with Gasteiger partial charge in [0, 0.05) is 5.56 Å². The Balaban J connectivity index is 0.00000225. The molecular weight excluding hydrogens is 236 g/mol. The number of hydrogen-bond donors (Lipinski definition) is 2. The van der Waals surface area contributed by atoms with Crippen molar-refractivity contribution in [2.24, 2.45) is 5.73 Å². The molecule has 2 nitrogen and oxygen atoms in total. The fraction of sp³-hybridized carbons (Fsp3) is 0.455. The van der Waals surface area contributed by atoms with Crippen molar-refractivity contribution in [3.05, 3.63) is 35.4 Å². The zero-order valence-electron chi connectivity index (χ0n) is 8.99. The van der Waals surface area contributed by atoms with Crippen LogP contribution in [0.3, 0.4) is 0 Å². The molecule has 2 atom stereocenters. The molecule has 3 N–H and O–H groups in total. The predicted molar refractivity (Wildman–Crippen MR) is 61.4 cm³/mol. The first-order valence-electron chi connectivity index (χ1n) is 4.94. The third-order valence-electron chi connectivity index (χ3n) is 2.32. The van der Waals surface area contributed by atoms with Gasteiger partial charge in [0.05, 0.1) is 12.1 Å². The number of aliphatic hydroxyl groups is 1.